The minimum Gasteiger partial charge on any atom is -0.493 e. The van der Waals surface area contributed by atoms with Crippen molar-refractivity contribution in [2.24, 2.45) is 17.8 Å². The molecule has 4 amide bonds. The molecule has 1 aromatic rings. The third-order valence-corrected chi connectivity index (χ3v) is 5.88. The number of hydrogen-bond acceptors (Lipinski definition) is 6. The Morgan fingerprint density at radius 1 is 1.06 bits per heavy atom. The van der Waals surface area contributed by atoms with E-state index in [0.29, 0.717) is 37.4 Å². The van der Waals surface area contributed by atoms with E-state index in [2.05, 4.69) is 10.9 Å². The summed E-state index contributed by atoms with van der Waals surface area (Å²) in [5.74, 6) is -1.72. The average molecular weight is 458 g/mol. The van der Waals surface area contributed by atoms with E-state index in [1.807, 2.05) is 32.9 Å². The van der Waals surface area contributed by atoms with Crippen molar-refractivity contribution < 1.29 is 28.7 Å². The fourth-order valence-electron chi connectivity index (χ4n) is 4.27. The molecule has 9 heteroatoms. The highest BCUT2D eigenvalue weighted by Crippen LogP contribution is 2.37. The molecular weight excluding hydrogens is 426 g/mol. The number of amides is 4. The molecule has 1 fully saturated rings. The third-order valence-electron chi connectivity index (χ3n) is 5.88. The molecular formula is C24H31N3O6. The number of hydrazine groups is 1. The quantitative estimate of drug-likeness (QED) is 0.352. The minimum absolute atomic E-state index is 0.0492. The minimum atomic E-state index is -0.995. The molecule has 33 heavy (non-hydrogen) atoms. The number of rotatable bonds is 8. The van der Waals surface area contributed by atoms with Gasteiger partial charge in [-0.25, -0.2) is 0 Å². The molecule has 2 N–H and O–H groups in total. The molecule has 3 atom stereocenters. The number of nitrogens with one attached hydrogen (secondary N) is 2. The van der Waals surface area contributed by atoms with E-state index in [-0.39, 0.29) is 23.3 Å². The van der Waals surface area contributed by atoms with Crippen molar-refractivity contribution >= 4 is 23.6 Å². The van der Waals surface area contributed by atoms with Crippen molar-refractivity contribution in [1.82, 2.24) is 15.8 Å². The Morgan fingerprint density at radius 3 is 2.24 bits per heavy atom. The molecule has 3 rings (SSSR count). The Morgan fingerprint density at radius 2 is 1.70 bits per heavy atom. The van der Waals surface area contributed by atoms with Crippen LogP contribution in [-0.2, 0) is 14.4 Å². The number of carbonyl (C=O) groups is 4. The number of imide groups is 1. The zero-order valence-electron chi connectivity index (χ0n) is 19.4. The van der Waals surface area contributed by atoms with Gasteiger partial charge in [-0.2, -0.15) is 0 Å². The summed E-state index contributed by atoms with van der Waals surface area (Å²) in [5.41, 5.74) is 5.02. The molecule has 0 aromatic heterocycles. The lowest BCUT2D eigenvalue weighted by molar-refractivity contribution is -0.148. The fraction of sp³-hybridized carbons (Fsp3) is 0.500. The van der Waals surface area contributed by atoms with Crippen molar-refractivity contribution in [1.29, 1.82) is 0 Å². The van der Waals surface area contributed by atoms with Crippen LogP contribution in [0.5, 0.6) is 11.5 Å². The Kier molecular flexibility index (Phi) is 7.73. The normalized spacial score (nSPS) is 20.5. The number of allylic oxidation sites excluding steroid dienone is 2. The summed E-state index contributed by atoms with van der Waals surface area (Å²) in [6, 6.07) is 3.67. The van der Waals surface area contributed by atoms with E-state index >= 15 is 0 Å². The first kappa shape index (κ1) is 24.3. The predicted octanol–water partition coefficient (Wildman–Crippen LogP) is 2.22. The molecule has 178 valence electrons. The summed E-state index contributed by atoms with van der Waals surface area (Å²) < 4.78 is 10.7. The van der Waals surface area contributed by atoms with Crippen LogP contribution >= 0.6 is 0 Å². The molecule has 0 spiro atoms. The number of methoxy groups -OCH3 is 1. The number of carbonyl (C=O) groups excluding carboxylic acids is 4. The number of likely N-dealkylation sites (tertiary alicyclic amines) is 1. The van der Waals surface area contributed by atoms with E-state index in [1.165, 1.54) is 13.2 Å². The van der Waals surface area contributed by atoms with Crippen molar-refractivity contribution in [3.63, 3.8) is 0 Å². The Labute approximate surface area is 193 Å². The SMILES string of the molecule is CCOc1ccc(C(=O)NNC(=O)C(CC(C)C)N2C(=O)C3CC=CCC3C2=O)cc1OC. The van der Waals surface area contributed by atoms with Gasteiger partial charge in [0.25, 0.3) is 11.8 Å². The number of benzene rings is 1. The average Bonchev–Trinajstić information content (AvgIpc) is 3.06. The zero-order chi connectivity index (χ0) is 24.1. The van der Waals surface area contributed by atoms with Crippen molar-refractivity contribution in [2.75, 3.05) is 13.7 Å². The summed E-state index contributed by atoms with van der Waals surface area (Å²) in [4.78, 5) is 52.7. The first-order valence-corrected chi connectivity index (χ1v) is 11.2. The third kappa shape index (κ3) is 5.18. The van der Waals surface area contributed by atoms with Crippen LogP contribution in [0.25, 0.3) is 0 Å². The molecule has 1 aliphatic heterocycles. The fourth-order valence-corrected chi connectivity index (χ4v) is 4.27. The Hall–Kier alpha value is -3.36. The van der Waals surface area contributed by atoms with E-state index in [9.17, 15) is 19.2 Å². The number of ether oxygens (including phenoxy) is 2. The highest BCUT2D eigenvalue weighted by Gasteiger charge is 2.51. The van der Waals surface area contributed by atoms with E-state index in [0.717, 1.165) is 4.90 Å². The van der Waals surface area contributed by atoms with Crippen molar-refractivity contribution in [3.05, 3.63) is 35.9 Å². The standard InChI is InChI=1S/C24H31N3O6/c1-5-33-19-11-10-15(13-20(19)32-4)21(28)25-26-22(29)18(12-14(2)3)27-23(30)16-8-6-7-9-17(16)24(27)31/h6-7,10-11,13-14,16-18H,5,8-9,12H2,1-4H3,(H,25,28)(H,26,29). The molecule has 0 radical (unpaired) electrons. The number of nitrogens with zero attached hydrogens (tertiary/aromatic N) is 1. The van der Waals surface area contributed by atoms with Crippen molar-refractivity contribution in [3.8, 4) is 11.5 Å². The van der Waals surface area contributed by atoms with Gasteiger partial charge in [-0.3, -0.25) is 34.9 Å². The van der Waals surface area contributed by atoms with Crippen LogP contribution in [0.2, 0.25) is 0 Å². The van der Waals surface area contributed by atoms with E-state index in [4.69, 9.17) is 9.47 Å². The molecule has 1 saturated heterocycles. The molecule has 0 saturated carbocycles. The molecule has 2 aliphatic rings. The summed E-state index contributed by atoms with van der Waals surface area (Å²) >= 11 is 0. The maximum atomic E-state index is 13.0. The maximum Gasteiger partial charge on any atom is 0.269 e. The van der Waals surface area contributed by atoms with Crippen molar-refractivity contribution in [2.45, 2.75) is 46.1 Å². The molecule has 3 unspecified atom stereocenters. The topological polar surface area (TPSA) is 114 Å². The van der Waals surface area contributed by atoms with Gasteiger partial charge in [0.15, 0.2) is 11.5 Å². The van der Waals surface area contributed by atoms with Gasteiger partial charge in [0, 0.05) is 5.56 Å². The second-order valence-corrected chi connectivity index (χ2v) is 8.59. The molecule has 9 nitrogen and oxygen atoms in total. The first-order chi connectivity index (χ1) is 15.8. The second-order valence-electron chi connectivity index (χ2n) is 8.59. The van der Waals surface area contributed by atoms with Crippen LogP contribution < -0.4 is 20.3 Å². The lowest BCUT2D eigenvalue weighted by atomic mass is 9.85. The van der Waals surface area contributed by atoms with Crippen LogP contribution in [0.15, 0.2) is 30.4 Å². The van der Waals surface area contributed by atoms with Gasteiger partial charge >= 0.3 is 0 Å². The molecule has 1 heterocycles. The van der Waals surface area contributed by atoms with Crippen LogP contribution in [0.1, 0.15) is 50.4 Å². The zero-order valence-corrected chi connectivity index (χ0v) is 19.4. The van der Waals surface area contributed by atoms with Crippen LogP contribution in [0, 0.1) is 17.8 Å². The summed E-state index contributed by atoms with van der Waals surface area (Å²) in [7, 11) is 1.47. The van der Waals surface area contributed by atoms with Gasteiger partial charge in [-0.15, -0.1) is 0 Å². The van der Waals surface area contributed by atoms with Crippen LogP contribution in [-0.4, -0.2) is 48.3 Å². The van der Waals surface area contributed by atoms with Gasteiger partial charge in [-0.05, 0) is 50.3 Å². The van der Waals surface area contributed by atoms with Gasteiger partial charge in [0.05, 0.1) is 25.6 Å². The van der Waals surface area contributed by atoms with Gasteiger partial charge in [0.2, 0.25) is 11.8 Å². The van der Waals surface area contributed by atoms with Gasteiger partial charge in [0.1, 0.15) is 6.04 Å². The highest BCUT2D eigenvalue weighted by molar-refractivity contribution is 6.08. The van der Waals surface area contributed by atoms with Gasteiger partial charge < -0.3 is 9.47 Å². The Balaban J connectivity index is 1.71. The summed E-state index contributed by atoms with van der Waals surface area (Å²) in [5, 5.41) is 0. The smallest absolute Gasteiger partial charge is 0.269 e. The number of hydrogen-bond donors (Lipinski definition) is 2. The monoisotopic (exact) mass is 457 g/mol. The maximum absolute atomic E-state index is 13.0. The first-order valence-electron chi connectivity index (χ1n) is 11.2. The van der Waals surface area contributed by atoms with Crippen LogP contribution in [0.4, 0.5) is 0 Å². The molecule has 0 bridgehead atoms. The van der Waals surface area contributed by atoms with E-state index < -0.39 is 29.7 Å². The molecule has 1 aliphatic carbocycles. The lowest BCUT2D eigenvalue weighted by Crippen LogP contribution is -2.54. The van der Waals surface area contributed by atoms with E-state index in [1.54, 1.807) is 12.1 Å². The number of fused-ring (bicyclic) bond motifs is 1. The Bertz CT molecular complexity index is 932. The second kappa shape index (κ2) is 10.5. The largest absolute Gasteiger partial charge is 0.493 e. The predicted molar refractivity (Wildman–Crippen MR) is 120 cm³/mol. The molecule has 1 aromatic carbocycles. The summed E-state index contributed by atoms with van der Waals surface area (Å²) in [6.45, 7) is 6.10. The summed E-state index contributed by atoms with van der Waals surface area (Å²) in [6.07, 6.45) is 5.09. The van der Waals surface area contributed by atoms with Gasteiger partial charge in [-0.1, -0.05) is 26.0 Å². The lowest BCUT2D eigenvalue weighted by Gasteiger charge is -2.27. The highest BCUT2D eigenvalue weighted by atomic mass is 16.5. The van der Waals surface area contributed by atoms with Crippen LogP contribution in [0.3, 0.4) is 0 Å².